The fourth-order valence-corrected chi connectivity index (χ4v) is 3.21. The second kappa shape index (κ2) is 5.77. The van der Waals surface area contributed by atoms with Crippen LogP contribution in [0.4, 0.5) is 5.69 Å². The molecule has 0 amide bonds. The SMILES string of the molecule is CC1CN(C)C(C)CC1Nc1ccccc1C(C)(C)C. The van der Waals surface area contributed by atoms with E-state index in [-0.39, 0.29) is 5.41 Å². The Morgan fingerprint density at radius 1 is 1.15 bits per heavy atom. The van der Waals surface area contributed by atoms with E-state index in [2.05, 4.69) is 76.1 Å². The summed E-state index contributed by atoms with van der Waals surface area (Å²) in [4.78, 5) is 2.47. The molecule has 1 fully saturated rings. The number of nitrogens with one attached hydrogen (secondary N) is 1. The van der Waals surface area contributed by atoms with Crippen molar-refractivity contribution in [2.45, 2.75) is 58.5 Å². The lowest BCUT2D eigenvalue weighted by atomic mass is 9.84. The number of para-hydroxylation sites is 1. The van der Waals surface area contributed by atoms with E-state index in [1.165, 1.54) is 24.2 Å². The first kappa shape index (κ1) is 15.4. The van der Waals surface area contributed by atoms with E-state index in [1.54, 1.807) is 0 Å². The van der Waals surface area contributed by atoms with Crippen LogP contribution in [-0.4, -0.2) is 30.6 Å². The van der Waals surface area contributed by atoms with Crippen LogP contribution in [0.1, 0.15) is 46.6 Å². The fraction of sp³-hybridized carbons (Fsp3) is 0.667. The van der Waals surface area contributed by atoms with Crippen molar-refractivity contribution in [3.63, 3.8) is 0 Å². The van der Waals surface area contributed by atoms with Crippen LogP contribution < -0.4 is 5.32 Å². The van der Waals surface area contributed by atoms with Gasteiger partial charge in [0, 0.05) is 24.3 Å². The van der Waals surface area contributed by atoms with E-state index in [0.717, 1.165) is 0 Å². The standard InChI is InChI=1S/C18H30N2/c1-13-12-20(6)14(2)11-17(13)19-16-10-8-7-9-15(16)18(3,4)5/h7-10,13-14,17,19H,11-12H2,1-6H3. The number of anilines is 1. The summed E-state index contributed by atoms with van der Waals surface area (Å²) in [7, 11) is 2.24. The van der Waals surface area contributed by atoms with Crippen LogP contribution in [0.15, 0.2) is 24.3 Å². The molecule has 2 heteroatoms. The fourth-order valence-electron chi connectivity index (χ4n) is 3.21. The molecule has 2 rings (SSSR count). The number of hydrogen-bond donors (Lipinski definition) is 1. The minimum absolute atomic E-state index is 0.184. The molecule has 0 aromatic heterocycles. The lowest BCUT2D eigenvalue weighted by molar-refractivity contribution is 0.145. The van der Waals surface area contributed by atoms with Crippen molar-refractivity contribution in [3.8, 4) is 0 Å². The zero-order chi connectivity index (χ0) is 14.9. The smallest absolute Gasteiger partial charge is 0.0380 e. The van der Waals surface area contributed by atoms with E-state index in [0.29, 0.717) is 18.0 Å². The summed E-state index contributed by atoms with van der Waals surface area (Å²) >= 11 is 0. The summed E-state index contributed by atoms with van der Waals surface area (Å²) in [5.74, 6) is 0.684. The monoisotopic (exact) mass is 274 g/mol. The summed E-state index contributed by atoms with van der Waals surface area (Å²) < 4.78 is 0. The van der Waals surface area contributed by atoms with Gasteiger partial charge in [-0.05, 0) is 43.4 Å². The molecule has 1 aliphatic heterocycles. The molecule has 112 valence electrons. The molecule has 0 aliphatic carbocycles. The summed E-state index contributed by atoms with van der Waals surface area (Å²) in [6.45, 7) is 12.7. The van der Waals surface area contributed by atoms with Gasteiger partial charge in [-0.15, -0.1) is 0 Å². The highest BCUT2D eigenvalue weighted by Gasteiger charge is 2.29. The third kappa shape index (κ3) is 3.35. The maximum absolute atomic E-state index is 3.83. The molecule has 2 nitrogen and oxygen atoms in total. The average molecular weight is 274 g/mol. The van der Waals surface area contributed by atoms with Gasteiger partial charge in [0.25, 0.3) is 0 Å². The van der Waals surface area contributed by atoms with Crippen LogP contribution in [0.2, 0.25) is 0 Å². The van der Waals surface area contributed by atoms with Gasteiger partial charge in [-0.1, -0.05) is 45.9 Å². The highest BCUT2D eigenvalue weighted by atomic mass is 15.2. The van der Waals surface area contributed by atoms with Crippen LogP contribution in [-0.2, 0) is 5.41 Å². The van der Waals surface area contributed by atoms with Crippen molar-refractivity contribution < 1.29 is 0 Å². The highest BCUT2D eigenvalue weighted by molar-refractivity contribution is 5.54. The van der Waals surface area contributed by atoms with Crippen molar-refractivity contribution in [2.75, 3.05) is 18.9 Å². The van der Waals surface area contributed by atoms with Crippen molar-refractivity contribution in [2.24, 2.45) is 5.92 Å². The first-order valence-corrected chi connectivity index (χ1v) is 7.85. The Kier molecular flexibility index (Phi) is 4.43. The lowest BCUT2D eigenvalue weighted by Gasteiger charge is -2.41. The lowest BCUT2D eigenvalue weighted by Crippen LogP contribution is -2.48. The van der Waals surface area contributed by atoms with Gasteiger partial charge < -0.3 is 10.2 Å². The van der Waals surface area contributed by atoms with Crippen LogP contribution in [0.5, 0.6) is 0 Å². The third-order valence-electron chi connectivity index (χ3n) is 4.69. The van der Waals surface area contributed by atoms with E-state index in [1.807, 2.05) is 0 Å². The normalized spacial score (nSPS) is 28.4. The first-order chi connectivity index (χ1) is 9.29. The summed E-state index contributed by atoms with van der Waals surface area (Å²) in [5, 5.41) is 3.83. The van der Waals surface area contributed by atoms with Gasteiger partial charge in [0.15, 0.2) is 0 Å². The molecule has 1 N–H and O–H groups in total. The van der Waals surface area contributed by atoms with Gasteiger partial charge in [0.1, 0.15) is 0 Å². The van der Waals surface area contributed by atoms with Gasteiger partial charge in [-0.25, -0.2) is 0 Å². The Morgan fingerprint density at radius 2 is 1.80 bits per heavy atom. The maximum Gasteiger partial charge on any atom is 0.0380 e. The molecule has 0 saturated carbocycles. The first-order valence-electron chi connectivity index (χ1n) is 7.85. The molecule has 3 atom stereocenters. The predicted molar refractivity (Wildman–Crippen MR) is 88.4 cm³/mol. The van der Waals surface area contributed by atoms with Crippen molar-refractivity contribution in [1.82, 2.24) is 4.90 Å². The summed E-state index contributed by atoms with van der Waals surface area (Å²) in [6, 6.07) is 10.0. The van der Waals surface area contributed by atoms with E-state index < -0.39 is 0 Å². The molecular weight excluding hydrogens is 244 g/mol. The number of benzene rings is 1. The second-order valence-electron chi connectivity index (χ2n) is 7.55. The van der Waals surface area contributed by atoms with Crippen LogP contribution in [0.25, 0.3) is 0 Å². The van der Waals surface area contributed by atoms with Crippen LogP contribution >= 0.6 is 0 Å². The van der Waals surface area contributed by atoms with E-state index in [4.69, 9.17) is 0 Å². The topological polar surface area (TPSA) is 15.3 Å². The summed E-state index contributed by atoms with van der Waals surface area (Å²) in [6.07, 6.45) is 1.22. The maximum atomic E-state index is 3.83. The minimum atomic E-state index is 0.184. The molecule has 1 saturated heterocycles. The number of hydrogen-bond acceptors (Lipinski definition) is 2. The van der Waals surface area contributed by atoms with Gasteiger partial charge in [0.2, 0.25) is 0 Å². The number of rotatable bonds is 2. The second-order valence-corrected chi connectivity index (χ2v) is 7.55. The van der Waals surface area contributed by atoms with Gasteiger partial charge in [-0.2, -0.15) is 0 Å². The Morgan fingerprint density at radius 3 is 2.45 bits per heavy atom. The quantitative estimate of drug-likeness (QED) is 0.872. The Bertz CT molecular complexity index is 447. The van der Waals surface area contributed by atoms with Gasteiger partial charge in [0.05, 0.1) is 0 Å². The molecule has 1 aromatic carbocycles. The molecule has 0 spiro atoms. The Balaban J connectivity index is 2.18. The average Bonchev–Trinajstić information content (AvgIpc) is 2.35. The van der Waals surface area contributed by atoms with Gasteiger partial charge >= 0.3 is 0 Å². The molecule has 0 radical (unpaired) electrons. The van der Waals surface area contributed by atoms with E-state index in [9.17, 15) is 0 Å². The van der Waals surface area contributed by atoms with Crippen molar-refractivity contribution >= 4 is 5.69 Å². The van der Waals surface area contributed by atoms with Crippen molar-refractivity contribution in [1.29, 1.82) is 0 Å². The highest BCUT2D eigenvalue weighted by Crippen LogP contribution is 2.32. The molecular formula is C18H30N2. The number of piperidine rings is 1. The minimum Gasteiger partial charge on any atom is -0.382 e. The van der Waals surface area contributed by atoms with Crippen LogP contribution in [0, 0.1) is 5.92 Å². The molecule has 1 heterocycles. The van der Waals surface area contributed by atoms with E-state index >= 15 is 0 Å². The zero-order valence-electron chi connectivity index (χ0n) is 13.9. The van der Waals surface area contributed by atoms with Crippen molar-refractivity contribution in [3.05, 3.63) is 29.8 Å². The third-order valence-corrected chi connectivity index (χ3v) is 4.69. The zero-order valence-corrected chi connectivity index (χ0v) is 13.9. The Labute approximate surface area is 124 Å². The number of nitrogens with zero attached hydrogens (tertiary/aromatic N) is 1. The molecule has 1 aliphatic rings. The predicted octanol–water partition coefficient (Wildman–Crippen LogP) is 4.12. The van der Waals surface area contributed by atoms with Crippen LogP contribution in [0.3, 0.4) is 0 Å². The molecule has 0 bridgehead atoms. The summed E-state index contributed by atoms with van der Waals surface area (Å²) in [5.41, 5.74) is 2.91. The largest absolute Gasteiger partial charge is 0.382 e. The molecule has 3 unspecified atom stereocenters. The molecule has 20 heavy (non-hydrogen) atoms. The molecule has 1 aromatic rings. The van der Waals surface area contributed by atoms with Gasteiger partial charge in [-0.3, -0.25) is 0 Å². The number of likely N-dealkylation sites (tertiary alicyclic amines) is 1. The Hall–Kier alpha value is -1.02.